The summed E-state index contributed by atoms with van der Waals surface area (Å²) in [4.78, 5) is 11.7. The highest BCUT2D eigenvalue weighted by atomic mass is 19.4. The quantitative estimate of drug-likeness (QED) is 0.310. The first kappa shape index (κ1) is 21.3. The summed E-state index contributed by atoms with van der Waals surface area (Å²) in [5.41, 5.74) is 2.61. The van der Waals surface area contributed by atoms with Crippen molar-refractivity contribution < 1.29 is 13.2 Å². The summed E-state index contributed by atoms with van der Waals surface area (Å²) >= 11 is 0. The predicted octanol–water partition coefficient (Wildman–Crippen LogP) is 4.24. The minimum absolute atomic E-state index is 0.254. The van der Waals surface area contributed by atoms with Crippen molar-refractivity contribution in [1.82, 2.24) is 20.3 Å². The molecule has 4 rings (SSSR count). The van der Waals surface area contributed by atoms with Crippen LogP contribution in [0, 0.1) is 11.8 Å². The zero-order chi connectivity index (χ0) is 21.8. The number of aromatic nitrogens is 3. The zero-order valence-corrected chi connectivity index (χ0v) is 17.0. The third-order valence-electron chi connectivity index (χ3n) is 6.01. The van der Waals surface area contributed by atoms with E-state index in [1.165, 1.54) is 18.5 Å². The van der Waals surface area contributed by atoms with Gasteiger partial charge in [0, 0.05) is 24.0 Å². The molecule has 0 bridgehead atoms. The van der Waals surface area contributed by atoms with E-state index in [2.05, 4.69) is 25.4 Å². The Morgan fingerprint density at radius 3 is 2.52 bits per heavy atom. The van der Waals surface area contributed by atoms with E-state index in [0.717, 1.165) is 72.4 Å². The van der Waals surface area contributed by atoms with E-state index < -0.39 is 11.7 Å². The highest BCUT2D eigenvalue weighted by Gasteiger charge is 2.30. The topological polar surface area (TPSA) is 92.0 Å². The van der Waals surface area contributed by atoms with Gasteiger partial charge in [0.05, 0.1) is 17.0 Å². The second kappa shape index (κ2) is 9.05. The summed E-state index contributed by atoms with van der Waals surface area (Å²) in [7, 11) is 0. The molecule has 2 aromatic heterocycles. The van der Waals surface area contributed by atoms with E-state index in [0.29, 0.717) is 12.5 Å². The maximum absolute atomic E-state index is 12.7. The largest absolute Gasteiger partial charge is 0.416 e. The van der Waals surface area contributed by atoms with E-state index in [-0.39, 0.29) is 5.92 Å². The zero-order valence-electron chi connectivity index (χ0n) is 17.0. The molecule has 0 spiro atoms. The first-order valence-electron chi connectivity index (χ1n) is 10.4. The van der Waals surface area contributed by atoms with Crippen LogP contribution < -0.4 is 11.2 Å². The molecule has 9 heteroatoms. The lowest BCUT2D eigenvalue weighted by Crippen LogP contribution is -2.29. The van der Waals surface area contributed by atoms with Crippen LogP contribution in [0.25, 0.3) is 11.0 Å². The van der Waals surface area contributed by atoms with Gasteiger partial charge in [-0.15, -0.1) is 0 Å². The number of H-pyrrole nitrogens is 1. The molecule has 1 aliphatic rings. The summed E-state index contributed by atoms with van der Waals surface area (Å²) in [5, 5.41) is 8.38. The summed E-state index contributed by atoms with van der Waals surface area (Å²) < 4.78 is 38.0. The normalized spacial score (nSPS) is 20.3. The summed E-state index contributed by atoms with van der Waals surface area (Å²) in [6.45, 7) is 1.39. The molecule has 3 aromatic rings. The Hall–Kier alpha value is -2.94. The van der Waals surface area contributed by atoms with Crippen LogP contribution in [-0.4, -0.2) is 27.2 Å². The Balaban J connectivity index is 1.28. The Kier molecular flexibility index (Phi) is 6.22. The first-order chi connectivity index (χ1) is 15.0. The van der Waals surface area contributed by atoms with Crippen LogP contribution in [0.4, 0.5) is 13.2 Å². The second-order valence-corrected chi connectivity index (χ2v) is 8.02. The number of nitrogens with two attached hydrogens (primary N) is 1. The Morgan fingerprint density at radius 1 is 1.10 bits per heavy atom. The fourth-order valence-electron chi connectivity index (χ4n) is 4.31. The Bertz CT molecular complexity index is 1030. The van der Waals surface area contributed by atoms with Gasteiger partial charge in [-0.3, -0.25) is 0 Å². The molecule has 0 amide bonds. The van der Waals surface area contributed by atoms with Gasteiger partial charge in [0.1, 0.15) is 12.0 Å². The van der Waals surface area contributed by atoms with Crippen LogP contribution in [-0.2, 0) is 12.7 Å². The Labute approximate surface area is 178 Å². The van der Waals surface area contributed by atoms with Crippen LogP contribution in [0.3, 0.4) is 0 Å². The molecule has 0 atom stereocenters. The van der Waals surface area contributed by atoms with Crippen LogP contribution in [0.15, 0.2) is 48.0 Å². The molecule has 1 aliphatic carbocycles. The average molecular weight is 430 g/mol. The lowest BCUT2D eigenvalue weighted by atomic mass is 9.78. The van der Waals surface area contributed by atoms with Gasteiger partial charge in [-0.2, -0.15) is 18.3 Å². The van der Waals surface area contributed by atoms with Gasteiger partial charge in [0.2, 0.25) is 0 Å². The van der Waals surface area contributed by atoms with E-state index in [9.17, 15) is 13.2 Å². The van der Waals surface area contributed by atoms with E-state index in [1.54, 1.807) is 0 Å². The van der Waals surface area contributed by atoms with Crippen LogP contribution in [0.2, 0.25) is 0 Å². The van der Waals surface area contributed by atoms with Crippen LogP contribution in [0.1, 0.15) is 42.5 Å². The number of alkyl halides is 3. The molecule has 1 saturated carbocycles. The number of nitrogens with one attached hydrogen (secondary N) is 2. The van der Waals surface area contributed by atoms with Crippen molar-refractivity contribution in [3.8, 4) is 0 Å². The third-order valence-corrected chi connectivity index (χ3v) is 6.01. The number of benzene rings is 1. The SMILES string of the molecule is NN=C(c1ncnc2[nH]ccc12)C1CCC(CNCc2ccc(C(F)(F)F)cc2)CC1. The molecule has 31 heavy (non-hydrogen) atoms. The molecule has 6 nitrogen and oxygen atoms in total. The molecule has 2 heterocycles. The lowest BCUT2D eigenvalue weighted by Gasteiger charge is -2.29. The summed E-state index contributed by atoms with van der Waals surface area (Å²) in [6.07, 6.45) is 3.06. The molecular weight excluding hydrogens is 405 g/mol. The fraction of sp³-hybridized carbons (Fsp3) is 0.409. The summed E-state index contributed by atoms with van der Waals surface area (Å²) in [6, 6.07) is 7.25. The molecule has 4 N–H and O–H groups in total. The van der Waals surface area contributed by atoms with Gasteiger partial charge in [0.15, 0.2) is 0 Å². The van der Waals surface area contributed by atoms with Crippen LogP contribution in [0.5, 0.6) is 0 Å². The number of fused-ring (bicyclic) bond motifs is 1. The number of hydrogen-bond acceptors (Lipinski definition) is 5. The van der Waals surface area contributed by atoms with E-state index in [4.69, 9.17) is 5.84 Å². The minimum Gasteiger partial charge on any atom is -0.346 e. The predicted molar refractivity (Wildman–Crippen MR) is 113 cm³/mol. The lowest BCUT2D eigenvalue weighted by molar-refractivity contribution is -0.137. The van der Waals surface area contributed by atoms with Gasteiger partial charge in [-0.1, -0.05) is 12.1 Å². The highest BCUT2D eigenvalue weighted by molar-refractivity contribution is 6.09. The number of hydrazone groups is 1. The van der Waals surface area contributed by atoms with Gasteiger partial charge in [0.25, 0.3) is 0 Å². The number of nitrogens with zero attached hydrogens (tertiary/aromatic N) is 3. The summed E-state index contributed by atoms with van der Waals surface area (Å²) in [5.74, 6) is 6.52. The smallest absolute Gasteiger partial charge is 0.346 e. The van der Waals surface area contributed by atoms with Crippen LogP contribution >= 0.6 is 0 Å². The van der Waals surface area contributed by atoms with Crippen molar-refractivity contribution in [1.29, 1.82) is 0 Å². The monoisotopic (exact) mass is 430 g/mol. The van der Waals surface area contributed by atoms with Crippen molar-refractivity contribution in [2.24, 2.45) is 22.8 Å². The molecule has 0 unspecified atom stereocenters. The number of aromatic amines is 1. The first-order valence-corrected chi connectivity index (χ1v) is 10.4. The maximum Gasteiger partial charge on any atom is 0.416 e. The van der Waals surface area contributed by atoms with Gasteiger partial charge in [-0.25, -0.2) is 9.97 Å². The fourth-order valence-corrected chi connectivity index (χ4v) is 4.31. The van der Waals surface area contributed by atoms with E-state index in [1.807, 2.05) is 12.3 Å². The molecule has 1 aromatic carbocycles. The van der Waals surface area contributed by atoms with Crippen molar-refractivity contribution >= 4 is 16.7 Å². The van der Waals surface area contributed by atoms with Crippen molar-refractivity contribution in [3.05, 3.63) is 59.7 Å². The standard InChI is InChI=1S/C22H25F3N6/c23-22(24,25)17-7-3-15(4-8-17)12-27-11-14-1-5-16(6-2-14)19(31-26)20-18-9-10-28-21(18)30-13-29-20/h3-4,7-10,13-14,16,27H,1-2,5-6,11-12,26H2,(H,28,29,30). The average Bonchev–Trinajstić information content (AvgIpc) is 3.25. The molecule has 1 fully saturated rings. The minimum atomic E-state index is -4.30. The van der Waals surface area contributed by atoms with E-state index >= 15 is 0 Å². The van der Waals surface area contributed by atoms with Crippen molar-refractivity contribution in [2.45, 2.75) is 38.4 Å². The second-order valence-electron chi connectivity index (χ2n) is 8.02. The highest BCUT2D eigenvalue weighted by Crippen LogP contribution is 2.32. The Morgan fingerprint density at radius 2 is 1.84 bits per heavy atom. The molecule has 0 aliphatic heterocycles. The number of rotatable bonds is 6. The van der Waals surface area contributed by atoms with Crippen molar-refractivity contribution in [3.63, 3.8) is 0 Å². The maximum atomic E-state index is 12.7. The number of hydrogen-bond donors (Lipinski definition) is 3. The van der Waals surface area contributed by atoms with Gasteiger partial charge < -0.3 is 16.1 Å². The third kappa shape index (κ3) is 4.87. The van der Waals surface area contributed by atoms with Gasteiger partial charge in [-0.05, 0) is 61.9 Å². The van der Waals surface area contributed by atoms with Crippen molar-refractivity contribution in [2.75, 3.05) is 6.54 Å². The molecule has 0 saturated heterocycles. The number of halogens is 3. The van der Waals surface area contributed by atoms with Gasteiger partial charge >= 0.3 is 6.18 Å². The molecule has 164 valence electrons. The molecular formula is C22H25F3N6. The molecule has 0 radical (unpaired) electrons.